The van der Waals surface area contributed by atoms with Crippen molar-refractivity contribution in [2.24, 2.45) is 0 Å². The predicted octanol–water partition coefficient (Wildman–Crippen LogP) is 3.78. The van der Waals surface area contributed by atoms with Gasteiger partial charge < -0.3 is 4.90 Å². The molecule has 0 spiro atoms. The van der Waals surface area contributed by atoms with Crippen molar-refractivity contribution in [1.82, 2.24) is 9.88 Å². The summed E-state index contributed by atoms with van der Waals surface area (Å²) in [6, 6.07) is 12.8. The normalized spacial score (nSPS) is 17.2. The number of amides is 1. The number of carbonyl (C=O) groups excluding carboxylic acids is 1. The highest BCUT2D eigenvalue weighted by atomic mass is 19.1. The van der Waals surface area contributed by atoms with E-state index >= 15 is 0 Å². The van der Waals surface area contributed by atoms with Gasteiger partial charge in [-0.1, -0.05) is 18.2 Å². The van der Waals surface area contributed by atoms with Crippen molar-refractivity contribution in [3.05, 3.63) is 65.7 Å². The summed E-state index contributed by atoms with van der Waals surface area (Å²) in [5.41, 5.74) is 2.00. The van der Waals surface area contributed by atoms with Crippen molar-refractivity contribution in [3.63, 3.8) is 0 Å². The van der Waals surface area contributed by atoms with E-state index in [1.165, 1.54) is 6.07 Å². The third-order valence-electron chi connectivity index (χ3n) is 4.61. The first-order valence-electron chi connectivity index (χ1n) is 8.66. The quantitative estimate of drug-likeness (QED) is 0.809. The molecule has 24 heavy (non-hydrogen) atoms. The molecule has 2 heterocycles. The molecule has 0 aliphatic carbocycles. The van der Waals surface area contributed by atoms with Gasteiger partial charge in [0.05, 0.1) is 0 Å². The fraction of sp³-hybridized carbons (Fsp3) is 0.400. The number of benzene rings is 1. The Bertz CT molecular complexity index is 674. The molecule has 0 radical (unpaired) electrons. The van der Waals surface area contributed by atoms with Gasteiger partial charge in [0.25, 0.3) is 0 Å². The molecule has 1 amide bonds. The highest BCUT2D eigenvalue weighted by molar-refractivity contribution is 5.76. The predicted molar refractivity (Wildman–Crippen MR) is 92.0 cm³/mol. The molecule has 0 bridgehead atoms. The van der Waals surface area contributed by atoms with Gasteiger partial charge in [0.1, 0.15) is 5.82 Å². The molecule has 126 valence electrons. The van der Waals surface area contributed by atoms with Crippen molar-refractivity contribution < 1.29 is 9.18 Å². The third kappa shape index (κ3) is 4.40. The number of pyridine rings is 1. The summed E-state index contributed by atoms with van der Waals surface area (Å²) < 4.78 is 13.3. The van der Waals surface area contributed by atoms with Crippen LogP contribution in [0.15, 0.2) is 48.7 Å². The van der Waals surface area contributed by atoms with E-state index in [9.17, 15) is 9.18 Å². The minimum Gasteiger partial charge on any atom is -0.339 e. The van der Waals surface area contributed by atoms with Crippen LogP contribution in [-0.2, 0) is 17.6 Å². The minimum atomic E-state index is -0.210. The molecular formula is C20H23FN2O. The van der Waals surface area contributed by atoms with Crippen LogP contribution in [0.25, 0.3) is 0 Å². The van der Waals surface area contributed by atoms with Gasteiger partial charge >= 0.3 is 0 Å². The molecule has 1 saturated heterocycles. The van der Waals surface area contributed by atoms with Crippen molar-refractivity contribution in [1.29, 1.82) is 0 Å². The van der Waals surface area contributed by atoms with Crippen LogP contribution in [-0.4, -0.2) is 28.4 Å². The van der Waals surface area contributed by atoms with Crippen molar-refractivity contribution in [3.8, 4) is 0 Å². The van der Waals surface area contributed by atoms with Gasteiger partial charge in [-0.15, -0.1) is 0 Å². The first-order chi connectivity index (χ1) is 11.7. The number of hydrogen-bond acceptors (Lipinski definition) is 2. The fourth-order valence-corrected chi connectivity index (χ4v) is 3.42. The lowest BCUT2D eigenvalue weighted by Crippen LogP contribution is -2.36. The molecule has 4 heteroatoms. The molecule has 0 N–H and O–H groups in total. The Hall–Kier alpha value is -2.23. The molecular weight excluding hydrogens is 303 g/mol. The Balaban J connectivity index is 1.51. The average molecular weight is 326 g/mol. The molecule has 3 nitrogen and oxygen atoms in total. The highest BCUT2D eigenvalue weighted by Gasteiger charge is 2.28. The third-order valence-corrected chi connectivity index (χ3v) is 4.61. The number of aromatic nitrogens is 1. The van der Waals surface area contributed by atoms with Gasteiger partial charge in [0, 0.05) is 30.9 Å². The van der Waals surface area contributed by atoms with E-state index in [0.29, 0.717) is 6.42 Å². The van der Waals surface area contributed by atoms with Crippen molar-refractivity contribution >= 4 is 5.91 Å². The van der Waals surface area contributed by atoms with E-state index in [1.54, 1.807) is 18.3 Å². The van der Waals surface area contributed by atoms with E-state index in [0.717, 1.165) is 49.9 Å². The van der Waals surface area contributed by atoms with Gasteiger partial charge in [-0.3, -0.25) is 9.78 Å². The van der Waals surface area contributed by atoms with E-state index in [1.807, 2.05) is 29.2 Å². The number of aryl methyl sites for hydroxylation is 1. The molecule has 3 rings (SSSR count). The smallest absolute Gasteiger partial charge is 0.222 e. The molecule has 1 aromatic heterocycles. The van der Waals surface area contributed by atoms with Gasteiger partial charge in [-0.2, -0.15) is 0 Å². The largest absolute Gasteiger partial charge is 0.339 e. The second-order valence-electron chi connectivity index (χ2n) is 6.39. The number of carbonyl (C=O) groups is 1. The van der Waals surface area contributed by atoms with Gasteiger partial charge in [-0.25, -0.2) is 4.39 Å². The SMILES string of the molecule is O=C(CCCc1ccccn1)N1CCC[C@@H]1Cc1cccc(F)c1. The van der Waals surface area contributed by atoms with E-state index in [-0.39, 0.29) is 17.8 Å². The molecule has 1 aliphatic rings. The number of nitrogens with zero attached hydrogens (tertiary/aromatic N) is 2. The summed E-state index contributed by atoms with van der Waals surface area (Å²) in [4.78, 5) is 18.8. The van der Waals surface area contributed by atoms with Crippen molar-refractivity contribution in [2.45, 2.75) is 44.6 Å². The maximum absolute atomic E-state index is 13.3. The van der Waals surface area contributed by atoms with Crippen molar-refractivity contribution in [2.75, 3.05) is 6.54 Å². The summed E-state index contributed by atoms with van der Waals surface area (Å²) in [7, 11) is 0. The average Bonchev–Trinajstić information content (AvgIpc) is 3.04. The first-order valence-corrected chi connectivity index (χ1v) is 8.66. The Labute approximate surface area is 142 Å². The molecule has 0 saturated carbocycles. The summed E-state index contributed by atoms with van der Waals surface area (Å²) in [6.07, 6.45) is 6.76. The zero-order valence-electron chi connectivity index (χ0n) is 13.8. The number of halogens is 1. The maximum Gasteiger partial charge on any atom is 0.222 e. The van der Waals surface area contributed by atoms with Gasteiger partial charge in [0.15, 0.2) is 0 Å². The Morgan fingerprint density at radius 2 is 2.17 bits per heavy atom. The molecule has 2 aromatic rings. The van der Waals surface area contributed by atoms with Crippen LogP contribution in [0.4, 0.5) is 4.39 Å². The van der Waals surface area contributed by atoms with Gasteiger partial charge in [-0.05, 0) is 61.9 Å². The second-order valence-corrected chi connectivity index (χ2v) is 6.39. The van der Waals surface area contributed by atoms with Crippen LogP contribution in [0.3, 0.4) is 0 Å². The fourth-order valence-electron chi connectivity index (χ4n) is 3.42. The summed E-state index contributed by atoms with van der Waals surface area (Å²) in [6.45, 7) is 0.822. The van der Waals surface area contributed by atoms with Crippen LogP contribution in [0.1, 0.15) is 36.9 Å². The number of rotatable bonds is 6. The van der Waals surface area contributed by atoms with Crippen LogP contribution < -0.4 is 0 Å². The lowest BCUT2D eigenvalue weighted by atomic mass is 10.0. The molecule has 1 aromatic carbocycles. The van der Waals surface area contributed by atoms with Crippen LogP contribution in [0.5, 0.6) is 0 Å². The zero-order valence-corrected chi connectivity index (χ0v) is 13.8. The minimum absolute atomic E-state index is 0.203. The van der Waals surface area contributed by atoms with E-state index < -0.39 is 0 Å². The standard InChI is InChI=1S/C20H23FN2O/c21-17-7-3-6-16(14-17)15-19-10-5-13-23(19)20(24)11-4-9-18-8-1-2-12-22-18/h1-3,6-8,12,14,19H,4-5,9-11,13,15H2/t19-/m1/s1. The first kappa shape index (κ1) is 16.6. The lowest BCUT2D eigenvalue weighted by Gasteiger charge is -2.25. The summed E-state index contributed by atoms with van der Waals surface area (Å²) >= 11 is 0. The zero-order chi connectivity index (χ0) is 16.8. The monoisotopic (exact) mass is 326 g/mol. The van der Waals surface area contributed by atoms with Gasteiger partial charge in [0.2, 0.25) is 5.91 Å². The molecule has 1 aliphatic heterocycles. The van der Waals surface area contributed by atoms with Crippen LogP contribution >= 0.6 is 0 Å². The summed E-state index contributed by atoms with van der Waals surface area (Å²) in [5, 5.41) is 0. The molecule has 0 unspecified atom stereocenters. The Kier molecular flexibility index (Phi) is 5.57. The topological polar surface area (TPSA) is 33.2 Å². The lowest BCUT2D eigenvalue weighted by molar-refractivity contribution is -0.132. The van der Waals surface area contributed by atoms with E-state index in [2.05, 4.69) is 4.98 Å². The maximum atomic E-state index is 13.3. The Morgan fingerprint density at radius 1 is 1.25 bits per heavy atom. The number of hydrogen-bond donors (Lipinski definition) is 0. The summed E-state index contributed by atoms with van der Waals surface area (Å²) in [5.74, 6) is 0.00330. The molecule has 1 atom stereocenters. The second kappa shape index (κ2) is 8.04. The highest BCUT2D eigenvalue weighted by Crippen LogP contribution is 2.23. The molecule has 1 fully saturated rings. The van der Waals surface area contributed by atoms with Crippen LogP contribution in [0, 0.1) is 5.82 Å². The van der Waals surface area contributed by atoms with E-state index in [4.69, 9.17) is 0 Å². The Morgan fingerprint density at radius 3 is 2.96 bits per heavy atom. The van der Waals surface area contributed by atoms with Crippen LogP contribution in [0.2, 0.25) is 0 Å². The number of likely N-dealkylation sites (tertiary alicyclic amines) is 1.